The number of thioether (sulfide) groups is 1. The zero-order chi connectivity index (χ0) is 19.2. The van der Waals surface area contributed by atoms with Crippen molar-refractivity contribution in [2.45, 2.75) is 31.0 Å². The van der Waals surface area contributed by atoms with E-state index in [1.165, 1.54) is 23.9 Å². The van der Waals surface area contributed by atoms with Crippen molar-refractivity contribution in [2.75, 3.05) is 6.54 Å². The second-order valence-electron chi connectivity index (χ2n) is 5.96. The molecule has 1 N–H and O–H groups in total. The Morgan fingerprint density at radius 2 is 1.96 bits per heavy atom. The lowest BCUT2D eigenvalue weighted by Crippen LogP contribution is -2.24. The van der Waals surface area contributed by atoms with Gasteiger partial charge in [-0.15, -0.1) is 10.2 Å². The summed E-state index contributed by atoms with van der Waals surface area (Å²) in [5.41, 5.74) is 2.25. The van der Waals surface area contributed by atoms with Gasteiger partial charge >= 0.3 is 0 Å². The van der Waals surface area contributed by atoms with Crippen molar-refractivity contribution in [3.05, 3.63) is 65.2 Å². The number of nitrogens with zero attached hydrogens (tertiary/aromatic N) is 4. The van der Waals surface area contributed by atoms with E-state index in [-0.39, 0.29) is 11.7 Å². The first-order valence-electron chi connectivity index (χ1n) is 8.62. The molecule has 3 aromatic rings. The summed E-state index contributed by atoms with van der Waals surface area (Å²) >= 11 is 1.52. The molecule has 0 fully saturated rings. The van der Waals surface area contributed by atoms with Crippen molar-refractivity contribution in [1.29, 1.82) is 0 Å². The third-order valence-electron chi connectivity index (χ3n) is 3.93. The molecule has 6 nitrogen and oxygen atoms in total. The van der Waals surface area contributed by atoms with Crippen LogP contribution in [0.1, 0.15) is 35.0 Å². The maximum absolute atomic E-state index is 12.9. The van der Waals surface area contributed by atoms with E-state index in [9.17, 15) is 9.18 Å². The number of aromatic nitrogens is 4. The summed E-state index contributed by atoms with van der Waals surface area (Å²) in [5.74, 6) is 0.843. The van der Waals surface area contributed by atoms with Crippen LogP contribution in [0.5, 0.6) is 0 Å². The molecule has 2 aromatic heterocycles. The number of carbonyl (C=O) groups is 1. The molecular formula is C19H20FN5OS. The Kier molecular flexibility index (Phi) is 6.18. The number of halogens is 1. The van der Waals surface area contributed by atoms with Crippen molar-refractivity contribution in [3.63, 3.8) is 0 Å². The number of carbonyl (C=O) groups excluding carboxylic acids is 1. The largest absolute Gasteiger partial charge is 0.352 e. The first-order valence-corrected chi connectivity index (χ1v) is 9.61. The maximum Gasteiger partial charge on any atom is 0.254 e. The van der Waals surface area contributed by atoms with E-state index in [0.717, 1.165) is 17.0 Å². The molecule has 0 spiro atoms. The molecule has 2 heterocycles. The number of hydrogen-bond acceptors (Lipinski definition) is 5. The summed E-state index contributed by atoms with van der Waals surface area (Å²) in [7, 11) is 0. The van der Waals surface area contributed by atoms with E-state index >= 15 is 0 Å². The Balaban J connectivity index is 1.67. The van der Waals surface area contributed by atoms with Gasteiger partial charge in [-0.2, -0.15) is 5.10 Å². The lowest BCUT2D eigenvalue weighted by Gasteiger charge is -2.06. The van der Waals surface area contributed by atoms with Crippen LogP contribution < -0.4 is 5.32 Å². The van der Waals surface area contributed by atoms with Crippen LogP contribution in [0.25, 0.3) is 5.82 Å². The Hall–Kier alpha value is -2.74. The van der Waals surface area contributed by atoms with Crippen LogP contribution in [-0.2, 0) is 5.75 Å². The average Bonchev–Trinajstić information content (AvgIpc) is 3.07. The zero-order valence-electron chi connectivity index (χ0n) is 15.1. The summed E-state index contributed by atoms with van der Waals surface area (Å²) in [4.78, 5) is 12.1. The Bertz CT molecular complexity index is 909. The molecule has 0 saturated heterocycles. The van der Waals surface area contributed by atoms with Gasteiger partial charge in [-0.05, 0) is 43.2 Å². The molecule has 0 saturated carbocycles. The molecule has 27 heavy (non-hydrogen) atoms. The van der Waals surface area contributed by atoms with Gasteiger partial charge in [0.05, 0.1) is 17.5 Å². The van der Waals surface area contributed by atoms with E-state index in [1.807, 2.05) is 26.0 Å². The molecule has 8 heteroatoms. The van der Waals surface area contributed by atoms with Crippen LogP contribution in [0.3, 0.4) is 0 Å². The highest BCUT2D eigenvalue weighted by Gasteiger charge is 2.15. The van der Waals surface area contributed by atoms with Crippen molar-refractivity contribution in [2.24, 2.45) is 0 Å². The minimum atomic E-state index is -0.245. The van der Waals surface area contributed by atoms with Crippen LogP contribution in [0.15, 0.2) is 47.6 Å². The van der Waals surface area contributed by atoms with Gasteiger partial charge in [0.2, 0.25) is 0 Å². The average molecular weight is 385 g/mol. The lowest BCUT2D eigenvalue weighted by atomic mass is 10.2. The minimum Gasteiger partial charge on any atom is -0.352 e. The molecule has 1 amide bonds. The summed E-state index contributed by atoms with van der Waals surface area (Å²) < 4.78 is 14.5. The van der Waals surface area contributed by atoms with Crippen LogP contribution in [-0.4, -0.2) is 32.4 Å². The SMILES string of the molecule is CCCNC(=O)c1cnn(-c2ccc(SCc3ccc(F)cc3)nn2)c1C. The predicted octanol–water partition coefficient (Wildman–Crippen LogP) is 3.54. The van der Waals surface area contributed by atoms with Crippen molar-refractivity contribution >= 4 is 17.7 Å². The Morgan fingerprint density at radius 3 is 2.63 bits per heavy atom. The van der Waals surface area contributed by atoms with Gasteiger partial charge in [0.25, 0.3) is 5.91 Å². The second kappa shape index (κ2) is 8.77. The number of hydrogen-bond donors (Lipinski definition) is 1. The smallest absolute Gasteiger partial charge is 0.254 e. The highest BCUT2D eigenvalue weighted by Crippen LogP contribution is 2.21. The van der Waals surface area contributed by atoms with Gasteiger partial charge in [-0.3, -0.25) is 4.79 Å². The molecule has 1 aromatic carbocycles. The normalized spacial score (nSPS) is 10.8. The van der Waals surface area contributed by atoms with Crippen molar-refractivity contribution < 1.29 is 9.18 Å². The molecule has 0 unspecified atom stereocenters. The number of amides is 1. The highest BCUT2D eigenvalue weighted by atomic mass is 32.2. The second-order valence-corrected chi connectivity index (χ2v) is 6.95. The van der Waals surface area contributed by atoms with Gasteiger partial charge in [0, 0.05) is 12.3 Å². The van der Waals surface area contributed by atoms with Gasteiger partial charge in [-0.1, -0.05) is 30.8 Å². The number of nitrogens with one attached hydrogen (secondary N) is 1. The quantitative estimate of drug-likeness (QED) is 0.630. The molecule has 3 rings (SSSR count). The highest BCUT2D eigenvalue weighted by molar-refractivity contribution is 7.98. The minimum absolute atomic E-state index is 0.139. The van der Waals surface area contributed by atoms with Crippen LogP contribution in [0.2, 0.25) is 0 Å². The third kappa shape index (κ3) is 4.71. The third-order valence-corrected chi connectivity index (χ3v) is 4.92. The summed E-state index contributed by atoms with van der Waals surface area (Å²) in [5, 5.41) is 16.3. The van der Waals surface area contributed by atoms with Crippen molar-refractivity contribution in [3.8, 4) is 5.82 Å². The Morgan fingerprint density at radius 1 is 1.19 bits per heavy atom. The summed E-state index contributed by atoms with van der Waals surface area (Å²) in [6, 6.07) is 10.1. The van der Waals surface area contributed by atoms with E-state index < -0.39 is 0 Å². The van der Waals surface area contributed by atoms with Gasteiger partial charge in [-0.25, -0.2) is 9.07 Å². The molecule has 0 aliphatic carbocycles. The molecule has 140 valence electrons. The molecule has 0 aliphatic rings. The fraction of sp³-hybridized carbons (Fsp3) is 0.263. The van der Waals surface area contributed by atoms with Crippen LogP contribution in [0.4, 0.5) is 4.39 Å². The predicted molar refractivity (Wildman–Crippen MR) is 102 cm³/mol. The standard InChI is InChI=1S/C19H20FN5OS/c1-3-10-21-19(26)16-11-22-25(13(16)2)17-8-9-18(24-23-17)27-12-14-4-6-15(20)7-5-14/h4-9,11H,3,10,12H2,1-2H3,(H,21,26). The first-order chi connectivity index (χ1) is 13.1. The number of rotatable bonds is 7. The molecule has 0 atom stereocenters. The van der Waals surface area contributed by atoms with E-state index in [4.69, 9.17) is 0 Å². The van der Waals surface area contributed by atoms with E-state index in [2.05, 4.69) is 20.6 Å². The fourth-order valence-corrected chi connectivity index (χ4v) is 3.21. The number of benzene rings is 1. The topological polar surface area (TPSA) is 72.7 Å². The van der Waals surface area contributed by atoms with Gasteiger partial charge in [0.1, 0.15) is 10.8 Å². The monoisotopic (exact) mass is 385 g/mol. The summed E-state index contributed by atoms with van der Waals surface area (Å²) in [6.45, 7) is 4.46. The zero-order valence-corrected chi connectivity index (χ0v) is 16.0. The molecule has 0 radical (unpaired) electrons. The first kappa shape index (κ1) is 19.0. The molecular weight excluding hydrogens is 365 g/mol. The van der Waals surface area contributed by atoms with Gasteiger partial charge in [0.15, 0.2) is 5.82 Å². The maximum atomic E-state index is 12.9. The van der Waals surface area contributed by atoms with Gasteiger partial charge < -0.3 is 5.32 Å². The van der Waals surface area contributed by atoms with E-state index in [0.29, 0.717) is 29.4 Å². The lowest BCUT2D eigenvalue weighted by molar-refractivity contribution is 0.0953. The summed E-state index contributed by atoms with van der Waals surface area (Å²) in [6.07, 6.45) is 2.42. The fourth-order valence-electron chi connectivity index (χ4n) is 2.44. The van der Waals surface area contributed by atoms with Crippen LogP contribution >= 0.6 is 11.8 Å². The Labute approximate surface area is 161 Å². The molecule has 0 aliphatic heterocycles. The van der Waals surface area contributed by atoms with Crippen molar-refractivity contribution in [1.82, 2.24) is 25.3 Å². The van der Waals surface area contributed by atoms with E-state index in [1.54, 1.807) is 23.0 Å². The molecule has 0 bridgehead atoms. The van der Waals surface area contributed by atoms with Crippen LogP contribution in [0, 0.1) is 12.7 Å².